The van der Waals surface area contributed by atoms with Crippen LogP contribution in [0.4, 0.5) is 0 Å². The molecule has 2 N–H and O–H groups in total. The van der Waals surface area contributed by atoms with Gasteiger partial charge in [-0.3, -0.25) is 0 Å². The lowest BCUT2D eigenvalue weighted by molar-refractivity contribution is 0.0401. The number of benzene rings is 1. The minimum Gasteiger partial charge on any atom is -0.389 e. The topological polar surface area (TPSA) is 32.3 Å². The maximum absolute atomic E-state index is 10.5. The molecule has 20 heavy (non-hydrogen) atoms. The molecule has 3 heteroatoms. The molecule has 1 saturated carbocycles. The first-order chi connectivity index (χ1) is 9.40. The highest BCUT2D eigenvalue weighted by Gasteiger charge is 2.40. The Hall–Kier alpha value is -0.570. The number of fused-ring (bicyclic) bond motifs is 1. The minimum absolute atomic E-state index is 0.169. The number of halogens is 1. The van der Waals surface area contributed by atoms with Gasteiger partial charge < -0.3 is 10.4 Å². The summed E-state index contributed by atoms with van der Waals surface area (Å²) in [5.41, 5.74) is 2.36. The lowest BCUT2D eigenvalue weighted by Crippen LogP contribution is -2.42. The Morgan fingerprint density at radius 1 is 1.30 bits per heavy atom. The average Bonchev–Trinajstić information content (AvgIpc) is 2.88. The molecular weight excluding hydrogens is 270 g/mol. The Bertz CT molecular complexity index is 506. The summed E-state index contributed by atoms with van der Waals surface area (Å²) in [5, 5.41) is 15.0. The van der Waals surface area contributed by atoms with Crippen LogP contribution in [0.25, 0.3) is 0 Å². The van der Waals surface area contributed by atoms with Gasteiger partial charge in [0.2, 0.25) is 0 Å². The van der Waals surface area contributed by atoms with E-state index in [2.05, 4.69) is 31.3 Å². The summed E-state index contributed by atoms with van der Waals surface area (Å²) in [6.07, 6.45) is 5.21. The number of hydrogen-bond acceptors (Lipinski definition) is 2. The van der Waals surface area contributed by atoms with Crippen LogP contribution in [0.5, 0.6) is 0 Å². The first-order valence-electron chi connectivity index (χ1n) is 7.64. The van der Waals surface area contributed by atoms with Crippen LogP contribution in [0.15, 0.2) is 18.2 Å². The van der Waals surface area contributed by atoms with Crippen molar-refractivity contribution < 1.29 is 5.11 Å². The Balaban J connectivity index is 1.79. The fourth-order valence-electron chi connectivity index (χ4n) is 3.90. The van der Waals surface area contributed by atoms with Gasteiger partial charge in [0.1, 0.15) is 0 Å². The molecule has 0 aliphatic heterocycles. The largest absolute Gasteiger partial charge is 0.389 e. The van der Waals surface area contributed by atoms with Gasteiger partial charge in [0, 0.05) is 17.6 Å². The van der Waals surface area contributed by atoms with Gasteiger partial charge in [0.15, 0.2) is 0 Å². The van der Waals surface area contributed by atoms with Gasteiger partial charge in [0.05, 0.1) is 5.60 Å². The number of rotatable bonds is 3. The van der Waals surface area contributed by atoms with E-state index in [1.807, 2.05) is 6.07 Å². The van der Waals surface area contributed by atoms with Crippen molar-refractivity contribution in [2.24, 2.45) is 5.41 Å². The van der Waals surface area contributed by atoms with Crippen LogP contribution in [0.2, 0.25) is 5.02 Å². The van der Waals surface area contributed by atoms with Crippen LogP contribution in [0.1, 0.15) is 56.7 Å². The SMILES string of the molecule is CC1(C)Cc2ccc(Cl)cc2C1NCC1(O)CCCC1. The standard InChI is InChI=1S/C17H24ClNO/c1-16(2)10-12-5-6-13(18)9-14(12)15(16)19-11-17(20)7-3-4-8-17/h5-6,9,15,19-20H,3-4,7-8,10-11H2,1-2H3. The molecule has 1 fully saturated rings. The van der Waals surface area contributed by atoms with Crippen LogP contribution >= 0.6 is 11.6 Å². The molecule has 2 aliphatic rings. The molecule has 0 bridgehead atoms. The first kappa shape index (κ1) is 14.4. The van der Waals surface area contributed by atoms with E-state index in [-0.39, 0.29) is 11.5 Å². The number of nitrogens with one attached hydrogen (secondary N) is 1. The predicted molar refractivity (Wildman–Crippen MR) is 83.1 cm³/mol. The molecule has 0 radical (unpaired) electrons. The Labute approximate surface area is 126 Å². The zero-order valence-electron chi connectivity index (χ0n) is 12.4. The molecule has 3 rings (SSSR count). The van der Waals surface area contributed by atoms with E-state index in [0.717, 1.165) is 37.1 Å². The van der Waals surface area contributed by atoms with Gasteiger partial charge in [-0.25, -0.2) is 0 Å². The molecule has 0 saturated heterocycles. The highest BCUT2D eigenvalue weighted by Crippen LogP contribution is 2.46. The molecule has 1 unspecified atom stereocenters. The van der Waals surface area contributed by atoms with E-state index in [4.69, 9.17) is 11.6 Å². The smallest absolute Gasteiger partial charge is 0.0771 e. The summed E-state index contributed by atoms with van der Waals surface area (Å²) in [7, 11) is 0. The van der Waals surface area contributed by atoms with E-state index in [9.17, 15) is 5.11 Å². The molecule has 0 aromatic heterocycles. The van der Waals surface area contributed by atoms with Crippen molar-refractivity contribution in [1.82, 2.24) is 5.32 Å². The van der Waals surface area contributed by atoms with Gasteiger partial charge in [-0.05, 0) is 47.9 Å². The van der Waals surface area contributed by atoms with Gasteiger partial charge in [0.25, 0.3) is 0 Å². The highest BCUT2D eigenvalue weighted by molar-refractivity contribution is 6.30. The zero-order valence-corrected chi connectivity index (χ0v) is 13.1. The molecular formula is C17H24ClNO. The van der Waals surface area contributed by atoms with Crippen LogP contribution in [-0.2, 0) is 6.42 Å². The Morgan fingerprint density at radius 3 is 2.70 bits per heavy atom. The average molecular weight is 294 g/mol. The van der Waals surface area contributed by atoms with Gasteiger partial charge in [-0.15, -0.1) is 0 Å². The van der Waals surface area contributed by atoms with Crippen LogP contribution in [0, 0.1) is 5.41 Å². The molecule has 0 amide bonds. The van der Waals surface area contributed by atoms with Crippen molar-refractivity contribution in [2.45, 2.75) is 57.6 Å². The highest BCUT2D eigenvalue weighted by atomic mass is 35.5. The third-order valence-electron chi connectivity index (χ3n) is 5.02. The molecule has 0 spiro atoms. The molecule has 2 aliphatic carbocycles. The second-order valence-electron chi connectivity index (χ2n) is 7.25. The van der Waals surface area contributed by atoms with Crippen molar-refractivity contribution in [3.05, 3.63) is 34.3 Å². The summed E-state index contributed by atoms with van der Waals surface area (Å²) in [5.74, 6) is 0. The zero-order chi connectivity index (χ0) is 14.4. The molecule has 1 atom stereocenters. The maximum atomic E-state index is 10.5. The Kier molecular flexibility index (Phi) is 3.60. The molecule has 0 heterocycles. The van der Waals surface area contributed by atoms with Crippen molar-refractivity contribution in [3.8, 4) is 0 Å². The summed E-state index contributed by atoms with van der Waals surface area (Å²) in [4.78, 5) is 0. The van der Waals surface area contributed by atoms with Crippen molar-refractivity contribution in [1.29, 1.82) is 0 Å². The van der Waals surface area contributed by atoms with Crippen molar-refractivity contribution in [3.63, 3.8) is 0 Å². The summed E-state index contributed by atoms with van der Waals surface area (Å²) in [6, 6.07) is 6.48. The van der Waals surface area contributed by atoms with Crippen LogP contribution in [0.3, 0.4) is 0 Å². The van der Waals surface area contributed by atoms with Gasteiger partial charge in [-0.2, -0.15) is 0 Å². The lowest BCUT2D eigenvalue weighted by Gasteiger charge is -2.32. The molecule has 1 aromatic rings. The fraction of sp³-hybridized carbons (Fsp3) is 0.647. The normalized spacial score (nSPS) is 26.7. The molecule has 110 valence electrons. The third kappa shape index (κ3) is 2.61. The fourth-order valence-corrected chi connectivity index (χ4v) is 4.08. The van der Waals surface area contributed by atoms with E-state index >= 15 is 0 Å². The van der Waals surface area contributed by atoms with E-state index in [0.29, 0.717) is 6.54 Å². The first-order valence-corrected chi connectivity index (χ1v) is 8.02. The summed E-state index contributed by atoms with van der Waals surface area (Å²) >= 11 is 6.16. The Morgan fingerprint density at radius 2 is 2.00 bits per heavy atom. The van der Waals surface area contributed by atoms with E-state index in [1.165, 1.54) is 11.1 Å². The molecule has 1 aromatic carbocycles. The van der Waals surface area contributed by atoms with Gasteiger partial charge in [-0.1, -0.05) is 44.4 Å². The summed E-state index contributed by atoms with van der Waals surface area (Å²) < 4.78 is 0. The van der Waals surface area contributed by atoms with E-state index < -0.39 is 5.60 Å². The van der Waals surface area contributed by atoms with Crippen molar-refractivity contribution in [2.75, 3.05) is 6.54 Å². The number of hydrogen-bond donors (Lipinski definition) is 2. The lowest BCUT2D eigenvalue weighted by atomic mass is 9.85. The van der Waals surface area contributed by atoms with Crippen LogP contribution in [-0.4, -0.2) is 17.3 Å². The third-order valence-corrected chi connectivity index (χ3v) is 5.25. The minimum atomic E-state index is -0.503. The maximum Gasteiger partial charge on any atom is 0.0771 e. The van der Waals surface area contributed by atoms with E-state index in [1.54, 1.807) is 0 Å². The van der Waals surface area contributed by atoms with Gasteiger partial charge >= 0.3 is 0 Å². The number of aliphatic hydroxyl groups is 1. The second-order valence-corrected chi connectivity index (χ2v) is 7.69. The van der Waals surface area contributed by atoms with Crippen LogP contribution < -0.4 is 5.32 Å². The molecule has 2 nitrogen and oxygen atoms in total. The second kappa shape index (κ2) is 5.01. The van der Waals surface area contributed by atoms with Crippen molar-refractivity contribution >= 4 is 11.6 Å². The summed E-state index contributed by atoms with van der Waals surface area (Å²) in [6.45, 7) is 5.27. The predicted octanol–water partition coefficient (Wildman–Crippen LogP) is 3.86. The quantitative estimate of drug-likeness (QED) is 0.887. The monoisotopic (exact) mass is 293 g/mol.